The molecule has 0 bridgehead atoms. The van der Waals surface area contributed by atoms with Gasteiger partial charge in [0.05, 0.1) is 4.90 Å². The summed E-state index contributed by atoms with van der Waals surface area (Å²) in [6.45, 7) is 2.11. The predicted molar refractivity (Wildman–Crippen MR) is 86.1 cm³/mol. The second-order valence-electron chi connectivity index (χ2n) is 3.86. The van der Waals surface area contributed by atoms with E-state index in [4.69, 9.17) is 10.9 Å². The molecule has 2 rings (SSSR count). The van der Waals surface area contributed by atoms with Gasteiger partial charge < -0.3 is 5.73 Å². The first-order valence-corrected chi connectivity index (χ1v) is 8.02. The van der Waals surface area contributed by atoms with E-state index in [0.29, 0.717) is 5.69 Å². The number of nitrogens with two attached hydrogens (primary N) is 2. The highest BCUT2D eigenvalue weighted by atomic mass is 127. The number of benzene rings is 2. The summed E-state index contributed by atoms with van der Waals surface area (Å²) in [4.78, 5) is 0.0756. The molecule has 19 heavy (non-hydrogen) atoms. The fourth-order valence-electron chi connectivity index (χ4n) is 1.21. The predicted octanol–water partition coefficient (Wildman–Crippen LogP) is 2.52. The van der Waals surface area contributed by atoms with E-state index in [1.807, 2.05) is 0 Å². The average Bonchev–Trinajstić information content (AvgIpc) is 2.33. The number of halogens is 1. The number of hydrogen-bond donors (Lipinski definition) is 2. The Bertz CT molecular complexity index is 619. The molecule has 0 atom stereocenters. The maximum atomic E-state index is 10.7. The summed E-state index contributed by atoms with van der Waals surface area (Å²) < 4.78 is 22.7. The largest absolute Gasteiger partial charge is 0.399 e. The molecule has 4 N–H and O–H groups in total. The monoisotopic (exact) mass is 390 g/mol. The third-order valence-corrected chi connectivity index (χ3v) is 4.42. The van der Waals surface area contributed by atoms with Crippen LogP contribution in [-0.2, 0) is 10.0 Å². The standard InChI is InChI=1S/C7H7I.C6H8N2O2S/c1-6-4-2-3-5-7(6)8;7-5-1-3-6(4-2-5)11(8,9)10/h2-5H,1H3;1-4H,7H2,(H2,8,9,10). The van der Waals surface area contributed by atoms with Crippen molar-refractivity contribution in [1.82, 2.24) is 0 Å². The lowest BCUT2D eigenvalue weighted by molar-refractivity contribution is 0.598. The Morgan fingerprint density at radius 2 is 1.53 bits per heavy atom. The van der Waals surface area contributed by atoms with E-state index in [1.165, 1.54) is 33.4 Å². The quantitative estimate of drug-likeness (QED) is 0.580. The highest BCUT2D eigenvalue weighted by Crippen LogP contribution is 2.09. The van der Waals surface area contributed by atoms with Crippen molar-refractivity contribution in [3.63, 3.8) is 0 Å². The number of sulfonamides is 1. The third kappa shape index (κ3) is 5.58. The first kappa shape index (κ1) is 15.9. The molecule has 0 aliphatic rings. The highest BCUT2D eigenvalue weighted by molar-refractivity contribution is 14.1. The number of primary sulfonamides is 1. The fraction of sp³-hybridized carbons (Fsp3) is 0.0769. The molecule has 2 aromatic carbocycles. The van der Waals surface area contributed by atoms with Gasteiger partial charge in [0.2, 0.25) is 10.0 Å². The Labute approximate surface area is 127 Å². The van der Waals surface area contributed by atoms with Gasteiger partial charge in [0.1, 0.15) is 0 Å². The number of hydrogen-bond acceptors (Lipinski definition) is 3. The molecule has 0 aliphatic heterocycles. The molecule has 0 amide bonds. The lowest BCUT2D eigenvalue weighted by atomic mass is 10.2. The van der Waals surface area contributed by atoms with Crippen LogP contribution in [0.3, 0.4) is 0 Å². The second kappa shape index (κ2) is 6.88. The van der Waals surface area contributed by atoms with E-state index < -0.39 is 10.0 Å². The molecule has 2 aromatic rings. The molecule has 0 unspecified atom stereocenters. The van der Waals surface area contributed by atoms with Crippen LogP contribution in [-0.4, -0.2) is 8.42 Å². The van der Waals surface area contributed by atoms with Crippen LogP contribution in [0.15, 0.2) is 53.4 Å². The topological polar surface area (TPSA) is 86.2 Å². The zero-order valence-electron chi connectivity index (χ0n) is 10.4. The number of nitrogen functional groups attached to an aromatic ring is 1. The van der Waals surface area contributed by atoms with Crippen LogP contribution in [0, 0.1) is 10.5 Å². The normalized spacial score (nSPS) is 10.5. The van der Waals surface area contributed by atoms with Gasteiger partial charge in [0, 0.05) is 9.26 Å². The van der Waals surface area contributed by atoms with Crippen LogP contribution in [0.1, 0.15) is 5.56 Å². The molecular weight excluding hydrogens is 375 g/mol. The molecular formula is C13H15IN2O2S. The Kier molecular flexibility index (Phi) is 5.77. The zero-order valence-corrected chi connectivity index (χ0v) is 13.4. The van der Waals surface area contributed by atoms with Gasteiger partial charge in [0.25, 0.3) is 0 Å². The zero-order chi connectivity index (χ0) is 14.5. The van der Waals surface area contributed by atoms with Crippen molar-refractivity contribution in [3.05, 3.63) is 57.7 Å². The summed E-state index contributed by atoms with van der Waals surface area (Å²) in [5, 5.41) is 4.84. The molecule has 0 saturated carbocycles. The van der Waals surface area contributed by atoms with Crippen LogP contribution >= 0.6 is 22.6 Å². The van der Waals surface area contributed by atoms with Crippen molar-refractivity contribution in [2.75, 3.05) is 5.73 Å². The Morgan fingerprint density at radius 1 is 1.00 bits per heavy atom. The van der Waals surface area contributed by atoms with Gasteiger partial charge in [-0.25, -0.2) is 13.6 Å². The van der Waals surface area contributed by atoms with Crippen molar-refractivity contribution in [1.29, 1.82) is 0 Å². The number of anilines is 1. The molecule has 0 fully saturated rings. The SMILES string of the molecule is Cc1ccccc1I.Nc1ccc(S(N)(=O)=O)cc1. The van der Waals surface area contributed by atoms with Gasteiger partial charge in [-0.3, -0.25) is 0 Å². The molecule has 0 aliphatic carbocycles. The minimum atomic E-state index is -3.58. The molecule has 4 nitrogen and oxygen atoms in total. The van der Waals surface area contributed by atoms with Gasteiger partial charge in [-0.1, -0.05) is 18.2 Å². The fourth-order valence-corrected chi connectivity index (χ4v) is 2.11. The third-order valence-electron chi connectivity index (χ3n) is 2.29. The van der Waals surface area contributed by atoms with E-state index in [-0.39, 0.29) is 4.90 Å². The van der Waals surface area contributed by atoms with Crippen molar-refractivity contribution in [2.45, 2.75) is 11.8 Å². The molecule has 0 saturated heterocycles. The first-order valence-electron chi connectivity index (χ1n) is 5.40. The minimum Gasteiger partial charge on any atom is -0.399 e. The molecule has 0 radical (unpaired) electrons. The van der Waals surface area contributed by atoms with Crippen LogP contribution < -0.4 is 10.9 Å². The van der Waals surface area contributed by atoms with Crippen LogP contribution in [0.25, 0.3) is 0 Å². The van der Waals surface area contributed by atoms with Crippen molar-refractivity contribution < 1.29 is 8.42 Å². The van der Waals surface area contributed by atoms with Gasteiger partial charge in [-0.15, -0.1) is 0 Å². The smallest absolute Gasteiger partial charge is 0.238 e. The van der Waals surface area contributed by atoms with Crippen molar-refractivity contribution >= 4 is 38.3 Å². The Hall–Kier alpha value is -1.12. The molecule has 0 aromatic heterocycles. The summed E-state index contributed by atoms with van der Waals surface area (Å²) in [5.41, 5.74) is 7.20. The van der Waals surface area contributed by atoms with E-state index in [2.05, 4.69) is 53.8 Å². The van der Waals surface area contributed by atoms with E-state index in [1.54, 1.807) is 0 Å². The van der Waals surface area contributed by atoms with Gasteiger partial charge in [-0.05, 0) is 65.4 Å². The van der Waals surface area contributed by atoms with Crippen LogP contribution in [0.2, 0.25) is 0 Å². The Balaban J connectivity index is 0.000000200. The summed E-state index contributed by atoms with van der Waals surface area (Å²) in [6.07, 6.45) is 0. The van der Waals surface area contributed by atoms with E-state index in [0.717, 1.165) is 0 Å². The summed E-state index contributed by atoms with van der Waals surface area (Å²) in [5.74, 6) is 0. The summed E-state index contributed by atoms with van der Waals surface area (Å²) in [6, 6.07) is 14.0. The van der Waals surface area contributed by atoms with Crippen molar-refractivity contribution in [2.24, 2.45) is 5.14 Å². The van der Waals surface area contributed by atoms with E-state index >= 15 is 0 Å². The summed E-state index contributed by atoms with van der Waals surface area (Å²) >= 11 is 2.32. The van der Waals surface area contributed by atoms with E-state index in [9.17, 15) is 8.42 Å². The molecule has 102 valence electrons. The molecule has 0 spiro atoms. The second-order valence-corrected chi connectivity index (χ2v) is 6.59. The first-order chi connectivity index (χ1) is 8.80. The maximum absolute atomic E-state index is 10.7. The maximum Gasteiger partial charge on any atom is 0.238 e. The summed E-state index contributed by atoms with van der Waals surface area (Å²) in [7, 11) is -3.58. The average molecular weight is 390 g/mol. The lowest BCUT2D eigenvalue weighted by Crippen LogP contribution is -2.11. The lowest BCUT2D eigenvalue weighted by Gasteiger charge is -1.96. The Morgan fingerprint density at radius 3 is 1.89 bits per heavy atom. The molecule has 0 heterocycles. The highest BCUT2D eigenvalue weighted by Gasteiger charge is 2.04. The van der Waals surface area contributed by atoms with Crippen molar-refractivity contribution in [3.8, 4) is 0 Å². The van der Waals surface area contributed by atoms with Gasteiger partial charge in [0.15, 0.2) is 0 Å². The van der Waals surface area contributed by atoms with Gasteiger partial charge >= 0.3 is 0 Å². The minimum absolute atomic E-state index is 0.0756. The van der Waals surface area contributed by atoms with Gasteiger partial charge in [-0.2, -0.15) is 0 Å². The number of aryl methyl sites for hydroxylation is 1. The molecule has 6 heteroatoms. The van der Waals surface area contributed by atoms with Crippen LogP contribution in [0.4, 0.5) is 5.69 Å². The van der Waals surface area contributed by atoms with Crippen LogP contribution in [0.5, 0.6) is 0 Å². The number of rotatable bonds is 1.